The van der Waals surface area contributed by atoms with E-state index >= 15 is 0 Å². The Bertz CT molecular complexity index is 831. The first-order valence-corrected chi connectivity index (χ1v) is 8.11. The fourth-order valence-corrected chi connectivity index (χ4v) is 2.50. The van der Waals surface area contributed by atoms with Crippen LogP contribution in [0.3, 0.4) is 0 Å². The van der Waals surface area contributed by atoms with Gasteiger partial charge in [0.15, 0.2) is 17.4 Å². The third-order valence-electron chi connectivity index (χ3n) is 3.64. The minimum Gasteiger partial charge on any atom is -0.356 e. The third kappa shape index (κ3) is 5.30. The van der Waals surface area contributed by atoms with Gasteiger partial charge in [-0.3, -0.25) is 9.39 Å². The first-order valence-electron chi connectivity index (χ1n) is 7.74. The Hall–Kier alpha value is -1.87. The van der Waals surface area contributed by atoms with Crippen molar-refractivity contribution in [3.63, 3.8) is 0 Å². The van der Waals surface area contributed by atoms with Gasteiger partial charge in [-0.1, -0.05) is 29.8 Å². The molecule has 0 aliphatic rings. The topological polar surface area (TPSA) is 66.6 Å². The van der Waals surface area contributed by atoms with E-state index in [2.05, 4.69) is 25.8 Å². The molecule has 0 aliphatic carbocycles. The normalized spacial score (nSPS) is 11.2. The van der Waals surface area contributed by atoms with Gasteiger partial charge in [0.25, 0.3) is 0 Å². The molecule has 0 saturated heterocycles. The smallest absolute Gasteiger partial charge is 0.191 e. The van der Waals surface area contributed by atoms with Crippen molar-refractivity contribution in [1.82, 2.24) is 25.2 Å². The van der Waals surface area contributed by atoms with Gasteiger partial charge in [-0.05, 0) is 36.2 Å². The zero-order chi connectivity index (χ0) is 16.8. The molecule has 6 nitrogen and oxygen atoms in total. The number of nitrogens with one attached hydrogen (secondary N) is 2. The summed E-state index contributed by atoms with van der Waals surface area (Å²) >= 11 is 5.89. The summed E-state index contributed by atoms with van der Waals surface area (Å²) in [5, 5.41) is 15.6. The first-order chi connectivity index (χ1) is 11.8. The van der Waals surface area contributed by atoms with E-state index in [0.29, 0.717) is 6.54 Å². The summed E-state index contributed by atoms with van der Waals surface area (Å²) in [5.74, 6) is 1.57. The second-order valence-corrected chi connectivity index (χ2v) is 5.71. The van der Waals surface area contributed by atoms with Crippen molar-refractivity contribution in [2.45, 2.75) is 13.0 Å². The van der Waals surface area contributed by atoms with Gasteiger partial charge in [-0.2, -0.15) is 0 Å². The highest BCUT2D eigenvalue weighted by molar-refractivity contribution is 14.0. The lowest BCUT2D eigenvalue weighted by atomic mass is 10.1. The molecule has 2 heterocycles. The van der Waals surface area contributed by atoms with Crippen molar-refractivity contribution in [2.75, 3.05) is 13.6 Å². The van der Waals surface area contributed by atoms with E-state index in [0.717, 1.165) is 35.4 Å². The summed E-state index contributed by atoms with van der Waals surface area (Å²) in [4.78, 5) is 4.23. The number of pyridine rings is 1. The number of hydrogen-bond donors (Lipinski definition) is 2. The SMILES string of the molecule is CN=C(NCCc1ccc(Cl)cc1)NCc1nnc2ccccn12.I. The largest absolute Gasteiger partial charge is 0.356 e. The quantitative estimate of drug-likeness (QED) is 0.342. The number of fused-ring (bicyclic) bond motifs is 1. The summed E-state index contributed by atoms with van der Waals surface area (Å²) in [6.45, 7) is 1.33. The summed E-state index contributed by atoms with van der Waals surface area (Å²) in [6, 6.07) is 13.7. The molecule has 0 amide bonds. The average molecular weight is 471 g/mol. The van der Waals surface area contributed by atoms with Gasteiger partial charge in [0.05, 0.1) is 6.54 Å². The number of aliphatic imine (C=N–C) groups is 1. The second kappa shape index (κ2) is 9.57. The van der Waals surface area contributed by atoms with Crippen LogP contribution in [0.15, 0.2) is 53.7 Å². The van der Waals surface area contributed by atoms with Crippen LogP contribution in [-0.4, -0.2) is 34.2 Å². The van der Waals surface area contributed by atoms with Crippen LogP contribution in [0.2, 0.25) is 5.02 Å². The fraction of sp³-hybridized carbons (Fsp3) is 0.235. The number of benzene rings is 1. The molecular formula is C17H20ClIN6. The van der Waals surface area contributed by atoms with Crippen molar-refractivity contribution < 1.29 is 0 Å². The lowest BCUT2D eigenvalue weighted by Gasteiger charge is -2.11. The monoisotopic (exact) mass is 470 g/mol. The molecule has 1 aromatic carbocycles. The lowest BCUT2D eigenvalue weighted by Crippen LogP contribution is -2.38. The van der Waals surface area contributed by atoms with Gasteiger partial charge in [-0.25, -0.2) is 0 Å². The predicted molar refractivity (Wildman–Crippen MR) is 112 cm³/mol. The van der Waals surface area contributed by atoms with Gasteiger partial charge in [0.2, 0.25) is 0 Å². The minimum atomic E-state index is 0. The number of aromatic nitrogens is 3. The number of nitrogens with zero attached hydrogens (tertiary/aromatic N) is 4. The Morgan fingerprint density at radius 1 is 1.12 bits per heavy atom. The molecule has 0 spiro atoms. The maximum Gasteiger partial charge on any atom is 0.191 e. The molecule has 0 radical (unpaired) electrons. The van der Waals surface area contributed by atoms with E-state index in [4.69, 9.17) is 11.6 Å². The molecule has 0 saturated carbocycles. The predicted octanol–water partition coefficient (Wildman–Crippen LogP) is 2.91. The van der Waals surface area contributed by atoms with E-state index < -0.39 is 0 Å². The fourth-order valence-electron chi connectivity index (χ4n) is 2.37. The zero-order valence-electron chi connectivity index (χ0n) is 13.8. The molecule has 0 fully saturated rings. The van der Waals surface area contributed by atoms with Crippen molar-refractivity contribution in [3.8, 4) is 0 Å². The standard InChI is InChI=1S/C17H19ClN6.HI/c1-19-17(20-10-9-13-5-7-14(18)8-6-13)21-12-16-23-22-15-4-2-3-11-24(15)16;/h2-8,11H,9-10,12H2,1H3,(H2,19,20,21);1H. The van der Waals surface area contributed by atoms with Crippen molar-refractivity contribution in [3.05, 3.63) is 65.1 Å². The van der Waals surface area contributed by atoms with E-state index in [1.165, 1.54) is 5.56 Å². The lowest BCUT2D eigenvalue weighted by molar-refractivity contribution is 0.757. The molecule has 8 heteroatoms. The maximum absolute atomic E-state index is 5.89. The molecule has 0 aliphatic heterocycles. The van der Waals surface area contributed by atoms with Crippen molar-refractivity contribution in [2.24, 2.45) is 4.99 Å². The van der Waals surface area contributed by atoms with Crippen LogP contribution in [-0.2, 0) is 13.0 Å². The zero-order valence-corrected chi connectivity index (χ0v) is 16.9. The Kier molecular flexibility index (Phi) is 7.45. The molecule has 0 unspecified atom stereocenters. The molecule has 2 aromatic heterocycles. The summed E-state index contributed by atoms with van der Waals surface area (Å²) in [5.41, 5.74) is 2.06. The average Bonchev–Trinajstić information content (AvgIpc) is 3.03. The Morgan fingerprint density at radius 3 is 2.68 bits per heavy atom. The molecule has 0 atom stereocenters. The van der Waals surface area contributed by atoms with Crippen molar-refractivity contribution >= 4 is 47.2 Å². The molecule has 0 bridgehead atoms. The maximum atomic E-state index is 5.89. The molecular weight excluding hydrogens is 451 g/mol. The first kappa shape index (κ1) is 19.5. The highest BCUT2D eigenvalue weighted by Crippen LogP contribution is 2.09. The number of hydrogen-bond acceptors (Lipinski definition) is 3. The molecule has 2 N–H and O–H groups in total. The van der Waals surface area contributed by atoms with Crippen LogP contribution in [0, 0.1) is 0 Å². The number of halogens is 2. The number of guanidine groups is 1. The summed E-state index contributed by atoms with van der Waals surface area (Å²) in [6.07, 6.45) is 2.84. The van der Waals surface area contributed by atoms with Gasteiger partial charge < -0.3 is 10.6 Å². The Labute approximate surface area is 168 Å². The van der Waals surface area contributed by atoms with E-state index in [1.807, 2.05) is 53.1 Å². The summed E-state index contributed by atoms with van der Waals surface area (Å²) < 4.78 is 1.95. The third-order valence-corrected chi connectivity index (χ3v) is 3.89. The molecule has 25 heavy (non-hydrogen) atoms. The van der Waals surface area contributed by atoms with E-state index in [9.17, 15) is 0 Å². The van der Waals surface area contributed by atoms with Crippen LogP contribution in [0.25, 0.3) is 5.65 Å². The van der Waals surface area contributed by atoms with E-state index in [1.54, 1.807) is 7.05 Å². The van der Waals surface area contributed by atoms with Crippen molar-refractivity contribution in [1.29, 1.82) is 0 Å². The van der Waals surface area contributed by atoms with Crippen LogP contribution in [0.5, 0.6) is 0 Å². The van der Waals surface area contributed by atoms with Gasteiger partial charge >= 0.3 is 0 Å². The van der Waals surface area contributed by atoms with Crippen LogP contribution >= 0.6 is 35.6 Å². The van der Waals surface area contributed by atoms with Crippen LogP contribution in [0.4, 0.5) is 0 Å². The van der Waals surface area contributed by atoms with Gasteiger partial charge in [0, 0.05) is 24.8 Å². The Morgan fingerprint density at radius 2 is 1.92 bits per heavy atom. The van der Waals surface area contributed by atoms with Crippen LogP contribution < -0.4 is 10.6 Å². The Balaban J connectivity index is 0.00000225. The van der Waals surface area contributed by atoms with E-state index in [-0.39, 0.29) is 24.0 Å². The highest BCUT2D eigenvalue weighted by Gasteiger charge is 2.05. The highest BCUT2D eigenvalue weighted by atomic mass is 127. The second-order valence-electron chi connectivity index (χ2n) is 5.27. The molecule has 132 valence electrons. The van der Waals surface area contributed by atoms with Gasteiger partial charge in [0.1, 0.15) is 0 Å². The number of rotatable bonds is 5. The molecule has 3 rings (SSSR count). The van der Waals surface area contributed by atoms with Gasteiger partial charge in [-0.15, -0.1) is 34.2 Å². The van der Waals surface area contributed by atoms with Crippen LogP contribution in [0.1, 0.15) is 11.4 Å². The minimum absolute atomic E-state index is 0. The molecule has 3 aromatic rings. The summed E-state index contributed by atoms with van der Waals surface area (Å²) in [7, 11) is 1.75.